The first kappa shape index (κ1) is 19.1. The lowest BCUT2D eigenvalue weighted by Crippen LogP contribution is -2.51. The summed E-state index contributed by atoms with van der Waals surface area (Å²) in [5, 5.41) is 3.04. The van der Waals surface area contributed by atoms with Crippen LogP contribution in [0.4, 0.5) is 4.79 Å². The van der Waals surface area contributed by atoms with Crippen LogP contribution in [0.2, 0.25) is 0 Å². The van der Waals surface area contributed by atoms with Crippen molar-refractivity contribution in [2.45, 2.75) is 13.0 Å². The normalized spacial score (nSPS) is 16.2. The van der Waals surface area contributed by atoms with Crippen LogP contribution in [-0.4, -0.2) is 55.3 Å². The Bertz CT molecular complexity index is 837. The van der Waals surface area contributed by atoms with Gasteiger partial charge < -0.3 is 19.7 Å². The van der Waals surface area contributed by atoms with Crippen LogP contribution in [0.25, 0.3) is 0 Å². The molecule has 2 heterocycles. The van der Waals surface area contributed by atoms with Gasteiger partial charge in [0, 0.05) is 43.7 Å². The fraction of sp³-hybridized carbons (Fsp3) is 0.381. The van der Waals surface area contributed by atoms with Crippen LogP contribution in [0.15, 0.2) is 46.9 Å². The summed E-state index contributed by atoms with van der Waals surface area (Å²) in [6, 6.07) is 14.2. The Morgan fingerprint density at radius 1 is 1.04 bits per heavy atom. The fourth-order valence-electron chi connectivity index (χ4n) is 3.52. The number of hydrogen-bond acceptors (Lipinski definition) is 4. The van der Waals surface area contributed by atoms with Crippen molar-refractivity contribution in [2.75, 3.05) is 39.5 Å². The van der Waals surface area contributed by atoms with Gasteiger partial charge in [-0.3, -0.25) is 4.90 Å². The quantitative estimate of drug-likeness (QED) is 0.767. The molecule has 1 saturated heterocycles. The molecule has 0 spiro atoms. The molecule has 2 aromatic carbocycles. The summed E-state index contributed by atoms with van der Waals surface area (Å²) in [4.78, 5) is 16.7. The molecule has 0 aromatic heterocycles. The fourth-order valence-corrected chi connectivity index (χ4v) is 4.01. The second-order valence-corrected chi connectivity index (χ2v) is 7.88. The van der Waals surface area contributed by atoms with Gasteiger partial charge in [-0.2, -0.15) is 0 Å². The molecule has 2 aliphatic heterocycles. The SMILES string of the molecule is O=C(NCCc1ccccc1Br)N1CCN(Cc2ccc3c(c2)OCO3)CC1. The van der Waals surface area contributed by atoms with E-state index in [0.717, 1.165) is 55.1 Å². The third kappa shape index (κ3) is 4.59. The number of fused-ring (bicyclic) bond motifs is 1. The van der Waals surface area contributed by atoms with Gasteiger partial charge in [0.25, 0.3) is 0 Å². The zero-order valence-corrected chi connectivity index (χ0v) is 17.3. The lowest BCUT2D eigenvalue weighted by molar-refractivity contribution is 0.135. The summed E-state index contributed by atoms with van der Waals surface area (Å²) >= 11 is 3.55. The molecule has 1 N–H and O–H groups in total. The second kappa shape index (κ2) is 8.84. The Kier molecular flexibility index (Phi) is 6.02. The van der Waals surface area contributed by atoms with Crippen molar-refractivity contribution >= 4 is 22.0 Å². The average Bonchev–Trinajstić information content (AvgIpc) is 3.18. The zero-order chi connectivity index (χ0) is 19.3. The predicted molar refractivity (Wildman–Crippen MR) is 111 cm³/mol. The van der Waals surface area contributed by atoms with Gasteiger partial charge in [-0.25, -0.2) is 4.79 Å². The number of carbonyl (C=O) groups excluding carboxylic acids is 1. The van der Waals surface area contributed by atoms with Gasteiger partial charge in [0.05, 0.1) is 0 Å². The highest BCUT2D eigenvalue weighted by molar-refractivity contribution is 9.10. The van der Waals surface area contributed by atoms with E-state index in [0.29, 0.717) is 13.3 Å². The largest absolute Gasteiger partial charge is 0.454 e. The molecule has 28 heavy (non-hydrogen) atoms. The van der Waals surface area contributed by atoms with Gasteiger partial charge in [-0.1, -0.05) is 40.2 Å². The molecular weight excluding hydrogens is 422 g/mol. The molecule has 2 aromatic rings. The molecule has 1 fully saturated rings. The molecule has 7 heteroatoms. The summed E-state index contributed by atoms with van der Waals surface area (Å²) in [6.45, 7) is 5.01. The van der Waals surface area contributed by atoms with Crippen LogP contribution in [0, 0.1) is 0 Å². The second-order valence-electron chi connectivity index (χ2n) is 7.02. The molecule has 0 bridgehead atoms. The third-order valence-corrected chi connectivity index (χ3v) is 5.90. The first-order chi connectivity index (χ1) is 13.7. The van der Waals surface area contributed by atoms with Crippen molar-refractivity contribution in [1.29, 1.82) is 0 Å². The highest BCUT2D eigenvalue weighted by atomic mass is 79.9. The standard InChI is InChI=1S/C21H24BrN3O3/c22-18-4-2-1-3-17(18)7-8-23-21(26)25-11-9-24(10-12-25)14-16-5-6-19-20(13-16)28-15-27-19/h1-6,13H,7-12,14-15H2,(H,23,26). The maximum atomic E-state index is 12.4. The molecular formula is C21H24BrN3O3. The number of ether oxygens (including phenoxy) is 2. The summed E-state index contributed by atoms with van der Waals surface area (Å²) in [7, 11) is 0. The minimum absolute atomic E-state index is 0.0229. The van der Waals surface area contributed by atoms with Gasteiger partial charge in [0.15, 0.2) is 11.5 Å². The maximum Gasteiger partial charge on any atom is 0.317 e. The summed E-state index contributed by atoms with van der Waals surface area (Å²) in [5.41, 5.74) is 2.41. The molecule has 2 amide bonds. The molecule has 2 aliphatic rings. The minimum Gasteiger partial charge on any atom is -0.454 e. The summed E-state index contributed by atoms with van der Waals surface area (Å²) in [6.07, 6.45) is 0.817. The van der Waals surface area contributed by atoms with Crippen LogP contribution in [0.3, 0.4) is 0 Å². The number of nitrogens with zero attached hydrogens (tertiary/aromatic N) is 2. The Balaban J connectivity index is 1.20. The molecule has 4 rings (SSSR count). The first-order valence-electron chi connectivity index (χ1n) is 9.56. The number of hydrogen-bond donors (Lipinski definition) is 1. The number of carbonyl (C=O) groups is 1. The van der Waals surface area contributed by atoms with Crippen molar-refractivity contribution in [1.82, 2.24) is 15.1 Å². The van der Waals surface area contributed by atoms with Crippen LogP contribution in [0.5, 0.6) is 11.5 Å². The molecule has 6 nitrogen and oxygen atoms in total. The zero-order valence-electron chi connectivity index (χ0n) is 15.7. The molecule has 0 radical (unpaired) electrons. The number of benzene rings is 2. The lowest BCUT2D eigenvalue weighted by Gasteiger charge is -2.34. The minimum atomic E-state index is 0.0229. The van der Waals surface area contributed by atoms with Gasteiger partial charge in [0.2, 0.25) is 6.79 Å². The van der Waals surface area contributed by atoms with Crippen molar-refractivity contribution < 1.29 is 14.3 Å². The van der Waals surface area contributed by atoms with E-state index in [1.807, 2.05) is 35.2 Å². The highest BCUT2D eigenvalue weighted by Gasteiger charge is 2.21. The van der Waals surface area contributed by atoms with Crippen molar-refractivity contribution in [3.63, 3.8) is 0 Å². The summed E-state index contributed by atoms with van der Waals surface area (Å²) in [5.74, 6) is 1.63. The Morgan fingerprint density at radius 2 is 1.82 bits per heavy atom. The van der Waals surface area contributed by atoms with Crippen molar-refractivity contribution in [3.05, 3.63) is 58.1 Å². The number of piperazine rings is 1. The highest BCUT2D eigenvalue weighted by Crippen LogP contribution is 2.32. The predicted octanol–water partition coefficient (Wildman–Crippen LogP) is 3.25. The van der Waals surface area contributed by atoms with Crippen LogP contribution >= 0.6 is 15.9 Å². The maximum absolute atomic E-state index is 12.4. The Morgan fingerprint density at radius 3 is 2.64 bits per heavy atom. The van der Waals surface area contributed by atoms with Gasteiger partial charge >= 0.3 is 6.03 Å². The van der Waals surface area contributed by atoms with Crippen LogP contribution < -0.4 is 14.8 Å². The molecule has 148 valence electrons. The van der Waals surface area contributed by atoms with E-state index in [9.17, 15) is 4.79 Å². The van der Waals surface area contributed by atoms with E-state index in [-0.39, 0.29) is 6.03 Å². The third-order valence-electron chi connectivity index (χ3n) is 5.13. The number of amides is 2. The number of rotatable bonds is 5. The monoisotopic (exact) mass is 445 g/mol. The van der Waals surface area contributed by atoms with Gasteiger partial charge in [-0.15, -0.1) is 0 Å². The molecule has 0 unspecified atom stereocenters. The number of urea groups is 1. The Labute approximate surface area is 173 Å². The smallest absolute Gasteiger partial charge is 0.317 e. The van der Waals surface area contributed by atoms with Gasteiger partial charge in [0.1, 0.15) is 0 Å². The van der Waals surface area contributed by atoms with Gasteiger partial charge in [-0.05, 0) is 35.7 Å². The van der Waals surface area contributed by atoms with Crippen molar-refractivity contribution in [2.24, 2.45) is 0 Å². The van der Waals surface area contributed by atoms with Crippen molar-refractivity contribution in [3.8, 4) is 11.5 Å². The first-order valence-corrected chi connectivity index (χ1v) is 10.4. The van der Waals surface area contributed by atoms with Crippen LogP contribution in [-0.2, 0) is 13.0 Å². The number of nitrogens with one attached hydrogen (secondary N) is 1. The van der Waals surface area contributed by atoms with E-state index < -0.39 is 0 Å². The number of halogens is 1. The molecule has 0 atom stereocenters. The molecule has 0 aliphatic carbocycles. The summed E-state index contributed by atoms with van der Waals surface area (Å²) < 4.78 is 11.9. The van der Waals surface area contributed by atoms with E-state index in [2.05, 4.69) is 38.3 Å². The lowest BCUT2D eigenvalue weighted by atomic mass is 10.1. The van der Waals surface area contributed by atoms with E-state index in [1.165, 1.54) is 11.1 Å². The Hall–Kier alpha value is -2.25. The molecule has 0 saturated carbocycles. The van der Waals surface area contributed by atoms with Crippen LogP contribution in [0.1, 0.15) is 11.1 Å². The van der Waals surface area contributed by atoms with E-state index in [4.69, 9.17) is 9.47 Å². The van der Waals surface area contributed by atoms with E-state index >= 15 is 0 Å². The average molecular weight is 446 g/mol. The van der Waals surface area contributed by atoms with E-state index in [1.54, 1.807) is 0 Å². The topological polar surface area (TPSA) is 54.0 Å².